The average Bonchev–Trinajstić information content (AvgIpc) is 3.60. The molecule has 1 aliphatic rings. The van der Waals surface area contributed by atoms with E-state index >= 15 is 0 Å². The van der Waals surface area contributed by atoms with E-state index in [9.17, 15) is 18.0 Å². The van der Waals surface area contributed by atoms with Crippen LogP contribution in [0.1, 0.15) is 52.7 Å². The Hall–Kier alpha value is -4.75. The number of aryl methyl sites for hydroxylation is 1. The van der Waals surface area contributed by atoms with Crippen LogP contribution in [-0.2, 0) is 28.2 Å². The molecule has 1 saturated carbocycles. The van der Waals surface area contributed by atoms with E-state index in [1.54, 1.807) is 18.2 Å². The molecule has 0 saturated heterocycles. The van der Waals surface area contributed by atoms with Gasteiger partial charge in [0.25, 0.3) is 15.9 Å². The smallest absolute Gasteiger partial charge is 0.411 e. The maximum Gasteiger partial charge on any atom is 0.411 e. The fraction of sp³-hybridized carbons (Fsp3) is 0.250. The Balaban J connectivity index is 1.35. The number of ether oxygens (including phenoxy) is 2. The fourth-order valence-electron chi connectivity index (χ4n) is 5.29. The van der Waals surface area contributed by atoms with Crippen LogP contribution in [0.2, 0.25) is 0 Å². The van der Waals surface area contributed by atoms with Crippen molar-refractivity contribution < 1.29 is 27.5 Å². The van der Waals surface area contributed by atoms with E-state index in [1.807, 2.05) is 36.0 Å². The third-order valence-electron chi connectivity index (χ3n) is 7.38. The molecule has 42 heavy (non-hydrogen) atoms. The normalized spacial score (nSPS) is 13.5. The second kappa shape index (κ2) is 12.0. The van der Waals surface area contributed by atoms with E-state index in [4.69, 9.17) is 15.9 Å². The fourth-order valence-corrected chi connectivity index (χ4v) is 6.44. The van der Waals surface area contributed by atoms with Crippen molar-refractivity contribution in [1.29, 1.82) is 0 Å². The summed E-state index contributed by atoms with van der Waals surface area (Å²) in [6.45, 7) is 0. The molecule has 0 atom stereocenters. The number of anilines is 1. The molecule has 0 aliphatic heterocycles. The molecule has 1 aliphatic carbocycles. The summed E-state index contributed by atoms with van der Waals surface area (Å²) in [7, 11) is -0.766. The van der Waals surface area contributed by atoms with E-state index in [0.717, 1.165) is 47.7 Å². The van der Waals surface area contributed by atoms with Crippen molar-refractivity contribution in [2.45, 2.75) is 43.1 Å². The van der Waals surface area contributed by atoms with Crippen LogP contribution in [0.15, 0.2) is 71.8 Å². The number of hydrogen-bond donors (Lipinski definition) is 2. The third-order valence-corrected chi connectivity index (χ3v) is 8.77. The summed E-state index contributed by atoms with van der Waals surface area (Å²) in [6, 6.07) is 16.5. The molecule has 0 spiro atoms. The number of fused-ring (bicyclic) bond motifs is 1. The third kappa shape index (κ3) is 6.11. The lowest BCUT2D eigenvalue weighted by atomic mass is 10.0. The largest absolute Gasteiger partial charge is 0.496 e. The zero-order valence-electron chi connectivity index (χ0n) is 23.3. The van der Waals surface area contributed by atoms with Crippen LogP contribution >= 0.6 is 0 Å². The summed E-state index contributed by atoms with van der Waals surface area (Å²) in [4.78, 5) is 25.2. The van der Waals surface area contributed by atoms with E-state index in [0.29, 0.717) is 17.9 Å². The number of sulfonamides is 1. The van der Waals surface area contributed by atoms with Crippen molar-refractivity contribution in [2.75, 3.05) is 12.4 Å². The maximum atomic E-state index is 12.9. The van der Waals surface area contributed by atoms with Crippen LogP contribution in [0.25, 0.3) is 10.9 Å². The van der Waals surface area contributed by atoms with E-state index < -0.39 is 22.0 Å². The summed E-state index contributed by atoms with van der Waals surface area (Å²) >= 11 is 0. The van der Waals surface area contributed by atoms with Crippen molar-refractivity contribution in [3.8, 4) is 18.1 Å². The molecule has 2 amide bonds. The van der Waals surface area contributed by atoms with Crippen molar-refractivity contribution >= 4 is 38.6 Å². The minimum atomic E-state index is -4.19. The molecular formula is C32H31N3O6S. The first kappa shape index (κ1) is 28.8. The van der Waals surface area contributed by atoms with Crippen LogP contribution in [0.4, 0.5) is 10.5 Å². The molecule has 0 unspecified atom stereocenters. The van der Waals surface area contributed by atoms with Gasteiger partial charge in [-0.05, 0) is 79.3 Å². The Morgan fingerprint density at radius 2 is 1.81 bits per heavy atom. The highest BCUT2D eigenvalue weighted by molar-refractivity contribution is 7.90. The molecule has 2 N–H and O–H groups in total. The molecule has 5 rings (SSSR count). The monoisotopic (exact) mass is 585 g/mol. The molecule has 10 heteroatoms. The topological polar surface area (TPSA) is 116 Å². The summed E-state index contributed by atoms with van der Waals surface area (Å²) in [5.74, 6) is 1.94. The highest BCUT2D eigenvalue weighted by atomic mass is 32.2. The number of nitrogens with one attached hydrogen (secondary N) is 2. The highest BCUT2D eigenvalue weighted by Gasteiger charge is 2.23. The predicted molar refractivity (Wildman–Crippen MR) is 160 cm³/mol. The average molecular weight is 586 g/mol. The number of nitrogens with zero attached hydrogens (tertiary/aromatic N) is 1. The molecular weight excluding hydrogens is 554 g/mol. The summed E-state index contributed by atoms with van der Waals surface area (Å²) in [5.41, 5.74) is 3.65. The van der Waals surface area contributed by atoms with Gasteiger partial charge in [0.1, 0.15) is 16.7 Å². The number of rotatable bonds is 8. The van der Waals surface area contributed by atoms with Gasteiger partial charge in [-0.2, -0.15) is 0 Å². The van der Waals surface area contributed by atoms with Gasteiger partial charge in [0.2, 0.25) is 0 Å². The van der Waals surface area contributed by atoms with Gasteiger partial charge in [-0.1, -0.05) is 24.1 Å². The van der Waals surface area contributed by atoms with Crippen molar-refractivity contribution in [3.05, 3.63) is 89.1 Å². The van der Waals surface area contributed by atoms with Crippen LogP contribution in [0.5, 0.6) is 5.75 Å². The van der Waals surface area contributed by atoms with E-state index in [2.05, 4.69) is 16.0 Å². The van der Waals surface area contributed by atoms with Gasteiger partial charge in [-0.15, -0.1) is 6.42 Å². The minimum absolute atomic E-state index is 0.0302. The van der Waals surface area contributed by atoms with Gasteiger partial charge in [-0.3, -0.25) is 10.1 Å². The molecule has 0 radical (unpaired) electrons. The lowest BCUT2D eigenvalue weighted by Gasteiger charge is -2.13. The first-order valence-corrected chi connectivity index (χ1v) is 15.0. The minimum Gasteiger partial charge on any atom is -0.496 e. The molecule has 1 fully saturated rings. The molecule has 0 bridgehead atoms. The van der Waals surface area contributed by atoms with Gasteiger partial charge in [0.05, 0.1) is 7.11 Å². The number of terminal acetylenes is 1. The molecule has 1 aromatic heterocycles. The highest BCUT2D eigenvalue weighted by Crippen LogP contribution is 2.30. The lowest BCUT2D eigenvalue weighted by molar-refractivity contribution is 0.0980. The maximum absolute atomic E-state index is 12.9. The number of methoxy groups -OCH3 is 1. The second-order valence-corrected chi connectivity index (χ2v) is 11.9. The zero-order valence-corrected chi connectivity index (χ0v) is 24.2. The Morgan fingerprint density at radius 1 is 1.05 bits per heavy atom. The standard InChI is InChI=1S/C32H31N3O6S/c1-4-21-9-5-8-12-30(21)42(38,39)34-31(36)23-14-13-22(29(18-23)40-3)17-24-20-35(2)28-16-15-25(19-27(24)28)33-32(37)41-26-10-6-7-11-26/h1,5,8-9,12-16,18-20,26H,6-7,10-11,17H2,2-3H3,(H,33,37)(H,34,36). The Morgan fingerprint density at radius 3 is 2.55 bits per heavy atom. The zero-order chi connectivity index (χ0) is 29.9. The van der Waals surface area contributed by atoms with Gasteiger partial charge < -0.3 is 14.0 Å². The Bertz CT molecular complexity index is 1810. The molecule has 9 nitrogen and oxygen atoms in total. The number of aromatic nitrogens is 1. The Kier molecular flexibility index (Phi) is 8.22. The first-order valence-electron chi connectivity index (χ1n) is 13.5. The number of benzene rings is 3. The predicted octanol–water partition coefficient (Wildman–Crippen LogP) is 5.37. The molecule has 216 valence electrons. The number of hydrogen-bond acceptors (Lipinski definition) is 6. The number of amides is 2. The lowest BCUT2D eigenvalue weighted by Crippen LogP contribution is -2.31. The van der Waals surface area contributed by atoms with Crippen LogP contribution in [-0.4, -0.2) is 38.2 Å². The molecule has 1 heterocycles. The van der Waals surface area contributed by atoms with Gasteiger partial charge in [-0.25, -0.2) is 17.9 Å². The first-order chi connectivity index (χ1) is 20.2. The van der Waals surface area contributed by atoms with Crippen LogP contribution < -0.4 is 14.8 Å². The van der Waals surface area contributed by atoms with Crippen molar-refractivity contribution in [3.63, 3.8) is 0 Å². The van der Waals surface area contributed by atoms with Crippen LogP contribution in [0.3, 0.4) is 0 Å². The summed E-state index contributed by atoms with van der Waals surface area (Å²) in [5, 5.41) is 3.78. The number of carbonyl (C=O) groups excluding carboxylic acids is 2. The SMILES string of the molecule is C#Cc1ccccc1S(=O)(=O)NC(=O)c1ccc(Cc2cn(C)c3ccc(NC(=O)OC4CCCC4)cc23)c(OC)c1. The van der Waals surface area contributed by atoms with E-state index in [1.165, 1.54) is 31.4 Å². The van der Waals surface area contributed by atoms with Crippen LogP contribution in [0, 0.1) is 12.3 Å². The van der Waals surface area contributed by atoms with Gasteiger partial charge >= 0.3 is 6.09 Å². The van der Waals surface area contributed by atoms with Gasteiger partial charge in [0, 0.05) is 47.4 Å². The Labute approximate surface area is 244 Å². The molecule has 4 aromatic rings. The summed E-state index contributed by atoms with van der Waals surface area (Å²) in [6.07, 6.45) is 11.4. The van der Waals surface area contributed by atoms with Crippen molar-refractivity contribution in [1.82, 2.24) is 9.29 Å². The van der Waals surface area contributed by atoms with Crippen molar-refractivity contribution in [2.24, 2.45) is 7.05 Å². The quantitative estimate of drug-likeness (QED) is 0.269. The molecule has 3 aromatic carbocycles. The van der Waals surface area contributed by atoms with Gasteiger partial charge in [0.15, 0.2) is 0 Å². The second-order valence-electron chi connectivity index (χ2n) is 10.2. The number of carbonyl (C=O) groups is 2. The summed E-state index contributed by atoms with van der Waals surface area (Å²) < 4.78 is 40.9. The van der Waals surface area contributed by atoms with E-state index in [-0.39, 0.29) is 22.1 Å².